The molecule has 126 valence electrons. The number of fused-ring (bicyclic) bond motifs is 3. The highest BCUT2D eigenvalue weighted by Gasteiger charge is 2.50. The number of carbonyl (C=O) groups is 1. The third-order valence-electron chi connectivity index (χ3n) is 4.69. The lowest BCUT2D eigenvalue weighted by atomic mass is 10.1. The standard InChI is InChI=1S/C17H18ClFN4O/c1-17(2,8-19)21-16(24)14-12-6-9-5-11(9)15(12)23(22-14)13-7-10(18)3-4-20-13/h3-4,7,9,11H,5-6,8H2,1-2H3,(H,21,24). The van der Waals surface area contributed by atoms with Crippen LogP contribution in [0.5, 0.6) is 0 Å². The molecule has 1 amide bonds. The molecule has 2 atom stereocenters. The van der Waals surface area contributed by atoms with Gasteiger partial charge in [-0.15, -0.1) is 0 Å². The summed E-state index contributed by atoms with van der Waals surface area (Å²) in [5, 5.41) is 7.79. The molecule has 0 aliphatic heterocycles. The summed E-state index contributed by atoms with van der Waals surface area (Å²) in [6.45, 7) is 2.67. The number of halogens is 2. The van der Waals surface area contributed by atoms with E-state index in [0.717, 1.165) is 24.1 Å². The van der Waals surface area contributed by atoms with Crippen molar-refractivity contribution >= 4 is 17.5 Å². The molecular formula is C17H18ClFN4O. The Morgan fingerprint density at radius 2 is 2.33 bits per heavy atom. The number of alkyl halides is 1. The number of aromatic nitrogens is 3. The van der Waals surface area contributed by atoms with Gasteiger partial charge in [0, 0.05) is 28.8 Å². The Hall–Kier alpha value is -1.95. The number of rotatable bonds is 4. The topological polar surface area (TPSA) is 59.8 Å². The summed E-state index contributed by atoms with van der Waals surface area (Å²) in [7, 11) is 0. The van der Waals surface area contributed by atoms with E-state index in [1.807, 2.05) is 0 Å². The molecule has 2 aromatic heterocycles. The molecule has 0 spiro atoms. The number of nitrogens with one attached hydrogen (secondary N) is 1. The van der Waals surface area contributed by atoms with Gasteiger partial charge in [-0.2, -0.15) is 5.10 Å². The first-order chi connectivity index (χ1) is 11.4. The highest BCUT2D eigenvalue weighted by Crippen LogP contribution is 2.57. The number of hydrogen-bond acceptors (Lipinski definition) is 3. The lowest BCUT2D eigenvalue weighted by Gasteiger charge is -2.21. The van der Waals surface area contributed by atoms with Gasteiger partial charge in [0.15, 0.2) is 11.5 Å². The second-order valence-corrected chi connectivity index (χ2v) is 7.67. The van der Waals surface area contributed by atoms with Crippen molar-refractivity contribution < 1.29 is 9.18 Å². The molecule has 2 aromatic rings. The maximum Gasteiger partial charge on any atom is 0.272 e. The van der Waals surface area contributed by atoms with Gasteiger partial charge in [-0.05, 0) is 38.7 Å². The predicted octanol–water partition coefficient (Wildman–Crippen LogP) is 3.06. The zero-order chi connectivity index (χ0) is 17.1. The van der Waals surface area contributed by atoms with Crippen LogP contribution >= 0.6 is 11.6 Å². The van der Waals surface area contributed by atoms with Crippen molar-refractivity contribution in [1.29, 1.82) is 0 Å². The SMILES string of the molecule is CC(C)(CF)NC(=O)c1nn(-c2cc(Cl)ccn2)c2c1CC1CC21. The number of pyridine rings is 1. The monoisotopic (exact) mass is 348 g/mol. The van der Waals surface area contributed by atoms with Crippen LogP contribution in [-0.2, 0) is 6.42 Å². The average molecular weight is 349 g/mol. The quantitative estimate of drug-likeness (QED) is 0.923. The van der Waals surface area contributed by atoms with Gasteiger partial charge in [-0.3, -0.25) is 4.79 Å². The number of carbonyl (C=O) groups excluding carboxylic acids is 1. The summed E-state index contributed by atoms with van der Waals surface area (Å²) < 4.78 is 14.8. The van der Waals surface area contributed by atoms with Crippen LogP contribution in [0.25, 0.3) is 5.82 Å². The molecular weight excluding hydrogens is 331 g/mol. The highest BCUT2D eigenvalue weighted by atomic mass is 35.5. The Kier molecular flexibility index (Phi) is 3.42. The van der Waals surface area contributed by atoms with Crippen molar-refractivity contribution in [2.75, 3.05) is 6.67 Å². The Labute approximate surface area is 144 Å². The molecule has 2 aliphatic carbocycles. The number of amides is 1. The van der Waals surface area contributed by atoms with Crippen LogP contribution in [0.3, 0.4) is 0 Å². The minimum absolute atomic E-state index is 0.337. The number of hydrogen-bond donors (Lipinski definition) is 1. The minimum Gasteiger partial charge on any atom is -0.343 e. The zero-order valence-corrected chi connectivity index (χ0v) is 14.3. The molecule has 0 aromatic carbocycles. The second-order valence-electron chi connectivity index (χ2n) is 7.23. The van der Waals surface area contributed by atoms with Crippen LogP contribution in [0.2, 0.25) is 5.02 Å². The van der Waals surface area contributed by atoms with E-state index >= 15 is 0 Å². The van der Waals surface area contributed by atoms with E-state index < -0.39 is 12.2 Å². The van der Waals surface area contributed by atoms with Crippen molar-refractivity contribution in [3.63, 3.8) is 0 Å². The maximum atomic E-state index is 13.0. The normalized spacial score (nSPS) is 21.3. The van der Waals surface area contributed by atoms with Crippen molar-refractivity contribution in [2.24, 2.45) is 5.92 Å². The van der Waals surface area contributed by atoms with Crippen molar-refractivity contribution in [2.45, 2.75) is 38.1 Å². The molecule has 0 radical (unpaired) electrons. The largest absolute Gasteiger partial charge is 0.343 e. The molecule has 2 heterocycles. The first kappa shape index (κ1) is 15.6. The van der Waals surface area contributed by atoms with Gasteiger partial charge in [0.25, 0.3) is 5.91 Å². The summed E-state index contributed by atoms with van der Waals surface area (Å²) in [6, 6.07) is 3.43. The van der Waals surface area contributed by atoms with E-state index in [1.165, 1.54) is 0 Å². The summed E-state index contributed by atoms with van der Waals surface area (Å²) in [5.74, 6) is 1.29. The van der Waals surface area contributed by atoms with Crippen LogP contribution in [0.4, 0.5) is 4.39 Å². The zero-order valence-electron chi connectivity index (χ0n) is 13.5. The third-order valence-corrected chi connectivity index (χ3v) is 4.92. The van der Waals surface area contributed by atoms with Gasteiger partial charge in [-0.1, -0.05) is 11.6 Å². The molecule has 2 unspecified atom stereocenters. The van der Waals surface area contributed by atoms with Gasteiger partial charge < -0.3 is 5.32 Å². The first-order valence-electron chi connectivity index (χ1n) is 8.02. The first-order valence-corrected chi connectivity index (χ1v) is 8.39. The molecule has 2 aliphatic rings. The summed E-state index contributed by atoms with van der Waals surface area (Å²) >= 11 is 6.07. The van der Waals surface area contributed by atoms with E-state index in [2.05, 4.69) is 15.4 Å². The fraction of sp³-hybridized carbons (Fsp3) is 0.471. The average Bonchev–Trinajstić information content (AvgIpc) is 3.03. The van der Waals surface area contributed by atoms with Crippen molar-refractivity contribution in [1.82, 2.24) is 20.1 Å². The van der Waals surface area contributed by atoms with Crippen LogP contribution < -0.4 is 5.32 Å². The van der Waals surface area contributed by atoms with Crippen LogP contribution in [-0.4, -0.2) is 32.9 Å². The molecule has 1 saturated carbocycles. The second kappa shape index (κ2) is 5.28. The van der Waals surface area contributed by atoms with Crippen LogP contribution in [0.1, 0.15) is 47.9 Å². The highest BCUT2D eigenvalue weighted by molar-refractivity contribution is 6.30. The van der Waals surface area contributed by atoms with E-state index in [1.54, 1.807) is 36.9 Å². The molecule has 0 bridgehead atoms. The Bertz CT molecular complexity index is 832. The van der Waals surface area contributed by atoms with Crippen LogP contribution in [0.15, 0.2) is 18.3 Å². The van der Waals surface area contributed by atoms with Crippen LogP contribution in [0, 0.1) is 5.92 Å². The fourth-order valence-electron chi connectivity index (χ4n) is 3.38. The summed E-state index contributed by atoms with van der Waals surface area (Å²) in [5.41, 5.74) is 1.48. The summed E-state index contributed by atoms with van der Waals surface area (Å²) in [4.78, 5) is 16.9. The summed E-state index contributed by atoms with van der Waals surface area (Å²) in [6.07, 6.45) is 3.59. The molecule has 0 saturated heterocycles. The Morgan fingerprint density at radius 3 is 3.04 bits per heavy atom. The maximum absolute atomic E-state index is 13.0. The van der Waals surface area contributed by atoms with Crippen molar-refractivity contribution in [3.8, 4) is 5.82 Å². The van der Waals surface area contributed by atoms with E-state index in [4.69, 9.17) is 11.6 Å². The van der Waals surface area contributed by atoms with E-state index in [9.17, 15) is 9.18 Å². The van der Waals surface area contributed by atoms with E-state index in [-0.39, 0.29) is 5.91 Å². The Morgan fingerprint density at radius 1 is 1.54 bits per heavy atom. The van der Waals surface area contributed by atoms with Gasteiger partial charge in [0.2, 0.25) is 0 Å². The van der Waals surface area contributed by atoms with Gasteiger partial charge in [0.05, 0.1) is 11.2 Å². The van der Waals surface area contributed by atoms with E-state index in [0.29, 0.717) is 28.4 Å². The number of nitrogens with zero attached hydrogens (tertiary/aromatic N) is 3. The molecule has 5 nitrogen and oxygen atoms in total. The molecule has 1 fully saturated rings. The molecule has 24 heavy (non-hydrogen) atoms. The predicted molar refractivity (Wildman–Crippen MR) is 88.4 cm³/mol. The minimum atomic E-state index is -0.913. The molecule has 4 rings (SSSR count). The van der Waals surface area contributed by atoms with Crippen molar-refractivity contribution in [3.05, 3.63) is 40.3 Å². The fourth-order valence-corrected chi connectivity index (χ4v) is 3.54. The van der Waals surface area contributed by atoms with Gasteiger partial charge in [0.1, 0.15) is 6.67 Å². The third kappa shape index (κ3) is 2.49. The van der Waals surface area contributed by atoms with Gasteiger partial charge >= 0.3 is 0 Å². The Balaban J connectivity index is 1.76. The van der Waals surface area contributed by atoms with Gasteiger partial charge in [-0.25, -0.2) is 14.1 Å². The molecule has 7 heteroatoms. The lowest BCUT2D eigenvalue weighted by Crippen LogP contribution is -2.45. The smallest absolute Gasteiger partial charge is 0.272 e. The molecule has 1 N–H and O–H groups in total. The lowest BCUT2D eigenvalue weighted by molar-refractivity contribution is 0.0893.